The number of hydrogen-bond acceptors (Lipinski definition) is 5. The van der Waals surface area contributed by atoms with Crippen LogP contribution >= 0.6 is 11.3 Å². The molecule has 0 spiro atoms. The maximum absolute atomic E-state index is 11.9. The van der Waals surface area contributed by atoms with Crippen LogP contribution in [0.25, 0.3) is 10.6 Å². The molecule has 0 aliphatic rings. The van der Waals surface area contributed by atoms with Crippen molar-refractivity contribution in [3.8, 4) is 10.6 Å². The Labute approximate surface area is 115 Å². The quantitative estimate of drug-likeness (QED) is 0.880. The molecule has 0 bridgehead atoms. The van der Waals surface area contributed by atoms with Crippen molar-refractivity contribution in [1.82, 2.24) is 10.5 Å². The van der Waals surface area contributed by atoms with Gasteiger partial charge in [0, 0.05) is 18.7 Å². The maximum atomic E-state index is 11.9. The van der Waals surface area contributed by atoms with E-state index in [9.17, 15) is 4.79 Å². The molecule has 0 radical (unpaired) electrons. The maximum Gasteiger partial charge on any atom is 0.273 e. The average molecular weight is 280 g/mol. The molecular weight excluding hydrogens is 264 g/mol. The first-order chi connectivity index (χ1) is 9.11. The van der Waals surface area contributed by atoms with E-state index >= 15 is 0 Å². The molecule has 2 rings (SSSR count). The van der Waals surface area contributed by atoms with Gasteiger partial charge in [-0.2, -0.15) is 0 Å². The second kappa shape index (κ2) is 5.99. The molecule has 0 saturated heterocycles. The molecule has 6 heteroatoms. The molecule has 0 aromatic carbocycles. The summed E-state index contributed by atoms with van der Waals surface area (Å²) in [6, 6.07) is 5.31. The summed E-state index contributed by atoms with van der Waals surface area (Å²) in [6.45, 7) is 3.74. The van der Waals surface area contributed by atoms with Crippen LogP contribution in [-0.2, 0) is 0 Å². The number of carbonyl (C=O) groups is 1. The zero-order valence-electron chi connectivity index (χ0n) is 10.8. The van der Waals surface area contributed by atoms with Gasteiger partial charge in [-0.15, -0.1) is 11.3 Å². The highest BCUT2D eigenvalue weighted by atomic mass is 32.1. The van der Waals surface area contributed by atoms with Crippen LogP contribution in [0.15, 0.2) is 28.1 Å². The van der Waals surface area contributed by atoms with E-state index in [1.54, 1.807) is 6.07 Å². The number of hydrogen-bond donors (Lipinski definition) is 2. The molecule has 2 aromatic heterocycles. The average Bonchev–Trinajstić information content (AvgIpc) is 3.07. The number of carbonyl (C=O) groups excluding carboxylic acids is 1. The zero-order valence-corrected chi connectivity index (χ0v) is 11.6. The predicted molar refractivity (Wildman–Crippen MR) is 73.0 cm³/mol. The second-order valence-electron chi connectivity index (χ2n) is 4.48. The minimum Gasteiger partial charge on any atom is -0.396 e. The minimum atomic E-state index is -0.292. The van der Waals surface area contributed by atoms with Crippen molar-refractivity contribution in [2.24, 2.45) is 5.92 Å². The van der Waals surface area contributed by atoms with Crippen LogP contribution in [0.3, 0.4) is 0 Å². The third-order valence-electron chi connectivity index (χ3n) is 3.01. The second-order valence-corrected chi connectivity index (χ2v) is 5.42. The normalized spacial score (nSPS) is 14.1. The Kier molecular flexibility index (Phi) is 4.34. The van der Waals surface area contributed by atoms with E-state index in [-0.39, 0.29) is 30.2 Å². The number of amides is 1. The van der Waals surface area contributed by atoms with Crippen LogP contribution in [0, 0.1) is 5.92 Å². The van der Waals surface area contributed by atoms with Crippen LogP contribution in [0.4, 0.5) is 0 Å². The van der Waals surface area contributed by atoms with Gasteiger partial charge in [0.25, 0.3) is 5.91 Å². The number of aliphatic hydroxyl groups is 1. The molecule has 0 saturated carbocycles. The number of nitrogens with zero attached hydrogens (tertiary/aromatic N) is 1. The van der Waals surface area contributed by atoms with Gasteiger partial charge in [-0.1, -0.05) is 18.1 Å². The Morgan fingerprint density at radius 2 is 2.37 bits per heavy atom. The Bertz CT molecular complexity index is 536. The largest absolute Gasteiger partial charge is 0.396 e. The summed E-state index contributed by atoms with van der Waals surface area (Å²) in [5, 5.41) is 17.5. The summed E-state index contributed by atoms with van der Waals surface area (Å²) in [7, 11) is 0. The lowest BCUT2D eigenvalue weighted by Crippen LogP contribution is -2.38. The van der Waals surface area contributed by atoms with Crippen LogP contribution in [0.2, 0.25) is 0 Å². The van der Waals surface area contributed by atoms with Gasteiger partial charge in [0.05, 0.1) is 4.88 Å². The van der Waals surface area contributed by atoms with Crippen molar-refractivity contribution in [3.63, 3.8) is 0 Å². The molecule has 5 nitrogen and oxygen atoms in total. The number of aliphatic hydroxyl groups excluding tert-OH is 1. The number of thiophene rings is 1. The number of rotatable bonds is 5. The van der Waals surface area contributed by atoms with Gasteiger partial charge < -0.3 is 14.9 Å². The van der Waals surface area contributed by atoms with Gasteiger partial charge in [0.2, 0.25) is 0 Å². The van der Waals surface area contributed by atoms with Crippen molar-refractivity contribution >= 4 is 17.2 Å². The predicted octanol–water partition coefficient (Wildman–Crippen LogP) is 2.15. The van der Waals surface area contributed by atoms with E-state index in [0.29, 0.717) is 5.76 Å². The fraction of sp³-hybridized carbons (Fsp3) is 0.385. The van der Waals surface area contributed by atoms with Crippen LogP contribution < -0.4 is 5.32 Å². The van der Waals surface area contributed by atoms with Crippen LogP contribution in [0.5, 0.6) is 0 Å². The summed E-state index contributed by atoms with van der Waals surface area (Å²) in [5.41, 5.74) is 0.250. The van der Waals surface area contributed by atoms with E-state index in [4.69, 9.17) is 9.63 Å². The SMILES string of the molecule is CC(CO)C(C)NC(=O)c1cc(-c2cccs2)on1. The smallest absolute Gasteiger partial charge is 0.273 e. The summed E-state index contributed by atoms with van der Waals surface area (Å²) in [6.07, 6.45) is 0. The lowest BCUT2D eigenvalue weighted by Gasteiger charge is -2.18. The van der Waals surface area contributed by atoms with E-state index in [1.807, 2.05) is 31.4 Å². The van der Waals surface area contributed by atoms with E-state index in [2.05, 4.69) is 10.5 Å². The number of nitrogens with one attached hydrogen (secondary N) is 1. The minimum absolute atomic E-state index is 0.00684. The Morgan fingerprint density at radius 1 is 1.58 bits per heavy atom. The summed E-state index contributed by atoms with van der Waals surface area (Å²) < 4.78 is 5.15. The summed E-state index contributed by atoms with van der Waals surface area (Å²) in [4.78, 5) is 12.9. The first-order valence-electron chi connectivity index (χ1n) is 6.04. The molecule has 1 amide bonds. The summed E-state index contributed by atoms with van der Waals surface area (Å²) >= 11 is 1.52. The molecule has 0 aliphatic carbocycles. The third kappa shape index (κ3) is 3.21. The molecule has 2 N–H and O–H groups in total. The third-order valence-corrected chi connectivity index (χ3v) is 3.89. The highest BCUT2D eigenvalue weighted by Gasteiger charge is 2.18. The lowest BCUT2D eigenvalue weighted by atomic mass is 10.1. The Balaban J connectivity index is 2.04. The molecule has 2 aromatic rings. The lowest BCUT2D eigenvalue weighted by molar-refractivity contribution is 0.0907. The van der Waals surface area contributed by atoms with Gasteiger partial charge in [-0.3, -0.25) is 4.79 Å². The van der Waals surface area contributed by atoms with E-state index < -0.39 is 0 Å². The number of aromatic nitrogens is 1. The van der Waals surface area contributed by atoms with E-state index in [0.717, 1.165) is 4.88 Å². The van der Waals surface area contributed by atoms with Crippen molar-refractivity contribution in [2.45, 2.75) is 19.9 Å². The van der Waals surface area contributed by atoms with Gasteiger partial charge in [0.15, 0.2) is 11.5 Å². The molecule has 2 unspecified atom stereocenters. The highest BCUT2D eigenvalue weighted by Crippen LogP contribution is 2.25. The topological polar surface area (TPSA) is 75.4 Å². The van der Waals surface area contributed by atoms with E-state index in [1.165, 1.54) is 11.3 Å². The summed E-state index contributed by atoms with van der Waals surface area (Å²) in [5.74, 6) is 0.287. The Hall–Kier alpha value is -1.66. The Morgan fingerprint density at radius 3 is 3.00 bits per heavy atom. The first kappa shape index (κ1) is 13.8. The van der Waals surface area contributed by atoms with Gasteiger partial charge in [0.1, 0.15) is 0 Å². The van der Waals surface area contributed by atoms with Gasteiger partial charge in [-0.05, 0) is 24.3 Å². The molecular formula is C13H16N2O3S. The van der Waals surface area contributed by atoms with Crippen molar-refractivity contribution in [3.05, 3.63) is 29.3 Å². The molecule has 19 heavy (non-hydrogen) atoms. The molecule has 2 heterocycles. The standard InChI is InChI=1S/C13H16N2O3S/c1-8(7-16)9(2)14-13(17)10-6-11(18-15-10)12-4-3-5-19-12/h3-6,8-9,16H,7H2,1-2H3,(H,14,17). The zero-order chi connectivity index (χ0) is 13.8. The van der Waals surface area contributed by atoms with Gasteiger partial charge >= 0.3 is 0 Å². The van der Waals surface area contributed by atoms with Crippen molar-refractivity contribution in [2.75, 3.05) is 6.61 Å². The van der Waals surface area contributed by atoms with Crippen LogP contribution in [0.1, 0.15) is 24.3 Å². The molecule has 0 fully saturated rings. The molecule has 2 atom stereocenters. The fourth-order valence-electron chi connectivity index (χ4n) is 1.50. The van der Waals surface area contributed by atoms with Crippen molar-refractivity contribution < 1.29 is 14.4 Å². The highest BCUT2D eigenvalue weighted by molar-refractivity contribution is 7.13. The van der Waals surface area contributed by atoms with Crippen molar-refractivity contribution in [1.29, 1.82) is 0 Å². The first-order valence-corrected chi connectivity index (χ1v) is 6.92. The molecule has 102 valence electrons. The van der Waals surface area contributed by atoms with Gasteiger partial charge in [-0.25, -0.2) is 0 Å². The monoisotopic (exact) mass is 280 g/mol. The fourth-order valence-corrected chi connectivity index (χ4v) is 2.17. The van der Waals surface area contributed by atoms with Crippen LogP contribution in [-0.4, -0.2) is 28.8 Å². The molecule has 0 aliphatic heterocycles.